The topological polar surface area (TPSA) is 58.8 Å². The molecule has 3 atom stereocenters. The summed E-state index contributed by atoms with van der Waals surface area (Å²) in [5.41, 5.74) is 5.38. The zero-order valence-electron chi connectivity index (χ0n) is 5.79. The van der Waals surface area contributed by atoms with Crippen LogP contribution < -0.4 is 5.73 Å². The number of aliphatic hydroxyl groups is 1. The summed E-state index contributed by atoms with van der Waals surface area (Å²) in [6, 6.07) is 0. The number of ether oxygens (including phenoxy) is 1. The van der Waals surface area contributed by atoms with Crippen molar-refractivity contribution in [2.45, 2.75) is 38.2 Å². The second-order valence-electron chi connectivity index (χ2n) is 2.81. The summed E-state index contributed by atoms with van der Waals surface area (Å²) < 4.78 is 4.80. The molecule has 9 heavy (non-hydrogen) atoms. The molecule has 0 bridgehead atoms. The third kappa shape index (κ3) is 1.23. The van der Waals surface area contributed by atoms with Gasteiger partial charge < -0.3 is 15.6 Å². The maximum absolute atomic E-state index is 8.79. The predicted octanol–water partition coefficient (Wildman–Crippen LogP) is -0.169. The fourth-order valence-electron chi connectivity index (χ4n) is 0.787. The van der Waals surface area contributed by atoms with Crippen molar-refractivity contribution in [3.05, 3.63) is 0 Å². The van der Waals surface area contributed by atoms with Crippen LogP contribution >= 0.6 is 0 Å². The van der Waals surface area contributed by atoms with Gasteiger partial charge in [-0.1, -0.05) is 6.92 Å². The smallest absolute Gasteiger partial charge is 0.183 e. The van der Waals surface area contributed by atoms with Gasteiger partial charge >= 0.3 is 0 Å². The Balaban J connectivity index is 2.41. The van der Waals surface area contributed by atoms with Crippen LogP contribution in [0.4, 0.5) is 0 Å². The van der Waals surface area contributed by atoms with Crippen molar-refractivity contribution >= 4 is 0 Å². The average Bonchev–Trinajstić information content (AvgIpc) is 2.47. The van der Waals surface area contributed by atoms with Crippen LogP contribution in [0.25, 0.3) is 0 Å². The SMILES string of the molecule is CCC(C)(N)C1OC1O. The van der Waals surface area contributed by atoms with Crippen molar-refractivity contribution < 1.29 is 9.84 Å². The predicted molar refractivity (Wildman–Crippen MR) is 33.8 cm³/mol. The van der Waals surface area contributed by atoms with Crippen LogP contribution in [-0.2, 0) is 4.74 Å². The summed E-state index contributed by atoms with van der Waals surface area (Å²) in [7, 11) is 0. The lowest BCUT2D eigenvalue weighted by Gasteiger charge is -2.18. The van der Waals surface area contributed by atoms with Gasteiger partial charge in [0.25, 0.3) is 0 Å². The van der Waals surface area contributed by atoms with E-state index in [9.17, 15) is 0 Å². The van der Waals surface area contributed by atoms with E-state index >= 15 is 0 Å². The van der Waals surface area contributed by atoms with Gasteiger partial charge in [-0.2, -0.15) is 0 Å². The standard InChI is InChI=1S/C6H13NO2/c1-3-6(2,7)4-5(8)9-4/h4-5,8H,3,7H2,1-2H3. The van der Waals surface area contributed by atoms with Crippen molar-refractivity contribution in [3.63, 3.8) is 0 Å². The van der Waals surface area contributed by atoms with Gasteiger partial charge in [0.15, 0.2) is 6.29 Å². The van der Waals surface area contributed by atoms with E-state index in [1.165, 1.54) is 0 Å². The number of nitrogens with two attached hydrogens (primary N) is 1. The number of aliphatic hydroxyl groups excluding tert-OH is 1. The van der Waals surface area contributed by atoms with Crippen molar-refractivity contribution in [2.75, 3.05) is 0 Å². The largest absolute Gasteiger partial charge is 0.366 e. The Morgan fingerprint density at radius 2 is 2.22 bits per heavy atom. The molecule has 0 radical (unpaired) electrons. The van der Waals surface area contributed by atoms with Crippen molar-refractivity contribution in [1.82, 2.24) is 0 Å². The molecule has 54 valence electrons. The van der Waals surface area contributed by atoms with Crippen molar-refractivity contribution in [2.24, 2.45) is 5.73 Å². The Bertz CT molecular complexity index is 114. The highest BCUT2D eigenvalue weighted by Gasteiger charge is 2.48. The Morgan fingerprint density at radius 3 is 2.33 bits per heavy atom. The molecule has 3 nitrogen and oxygen atoms in total. The van der Waals surface area contributed by atoms with Gasteiger partial charge in [0.2, 0.25) is 0 Å². The molecule has 3 N–H and O–H groups in total. The Labute approximate surface area is 54.8 Å². The fraction of sp³-hybridized carbons (Fsp3) is 1.00. The third-order valence-corrected chi connectivity index (χ3v) is 1.88. The Hall–Kier alpha value is -0.120. The molecule has 1 saturated heterocycles. The Kier molecular flexibility index (Phi) is 1.50. The van der Waals surface area contributed by atoms with Gasteiger partial charge in [0.1, 0.15) is 6.10 Å². The van der Waals surface area contributed by atoms with Crippen LogP contribution in [0.2, 0.25) is 0 Å². The maximum Gasteiger partial charge on any atom is 0.183 e. The zero-order valence-corrected chi connectivity index (χ0v) is 5.79. The number of hydrogen-bond acceptors (Lipinski definition) is 3. The molecule has 1 fully saturated rings. The first-order valence-electron chi connectivity index (χ1n) is 3.20. The summed E-state index contributed by atoms with van der Waals surface area (Å²) in [5.74, 6) is 0. The average molecular weight is 131 g/mol. The first-order chi connectivity index (χ1) is 4.08. The summed E-state index contributed by atoms with van der Waals surface area (Å²) in [5, 5.41) is 8.79. The molecular weight excluding hydrogens is 118 g/mol. The van der Waals surface area contributed by atoms with E-state index in [4.69, 9.17) is 15.6 Å². The molecule has 0 aromatic rings. The highest BCUT2D eigenvalue weighted by Crippen LogP contribution is 2.30. The molecule has 1 aliphatic heterocycles. The van der Waals surface area contributed by atoms with Crippen LogP contribution in [-0.4, -0.2) is 23.0 Å². The van der Waals surface area contributed by atoms with Gasteiger partial charge in [-0.3, -0.25) is 0 Å². The van der Waals surface area contributed by atoms with Crippen LogP contribution in [0.3, 0.4) is 0 Å². The molecule has 3 unspecified atom stereocenters. The molecule has 0 aromatic heterocycles. The van der Waals surface area contributed by atoms with E-state index in [0.717, 1.165) is 6.42 Å². The highest BCUT2D eigenvalue weighted by molar-refractivity contribution is 4.96. The molecule has 1 aliphatic rings. The van der Waals surface area contributed by atoms with Gasteiger partial charge in [-0.05, 0) is 13.3 Å². The number of epoxide rings is 1. The van der Waals surface area contributed by atoms with Crippen LogP contribution in [0.15, 0.2) is 0 Å². The van der Waals surface area contributed by atoms with Gasteiger partial charge in [-0.15, -0.1) is 0 Å². The van der Waals surface area contributed by atoms with Crippen molar-refractivity contribution in [1.29, 1.82) is 0 Å². The molecule has 0 saturated carbocycles. The van der Waals surface area contributed by atoms with Crippen molar-refractivity contribution in [3.8, 4) is 0 Å². The lowest BCUT2D eigenvalue weighted by atomic mass is 9.96. The summed E-state index contributed by atoms with van der Waals surface area (Å²) in [6.45, 7) is 3.86. The molecule has 3 heteroatoms. The lowest BCUT2D eigenvalue weighted by molar-refractivity contribution is 0.155. The molecule has 0 aliphatic carbocycles. The highest BCUT2D eigenvalue weighted by atomic mass is 16.7. The summed E-state index contributed by atoms with van der Waals surface area (Å²) in [4.78, 5) is 0. The van der Waals surface area contributed by atoms with E-state index in [2.05, 4.69) is 0 Å². The van der Waals surface area contributed by atoms with E-state index in [-0.39, 0.29) is 11.6 Å². The second kappa shape index (κ2) is 1.94. The third-order valence-electron chi connectivity index (χ3n) is 1.88. The van der Waals surface area contributed by atoms with Gasteiger partial charge in [0, 0.05) is 5.54 Å². The Morgan fingerprint density at radius 1 is 1.78 bits per heavy atom. The number of rotatable bonds is 2. The molecule has 0 spiro atoms. The minimum Gasteiger partial charge on any atom is -0.366 e. The maximum atomic E-state index is 8.79. The molecule has 0 amide bonds. The first-order valence-corrected chi connectivity index (χ1v) is 3.20. The fourth-order valence-corrected chi connectivity index (χ4v) is 0.787. The number of hydrogen-bond donors (Lipinski definition) is 2. The second-order valence-corrected chi connectivity index (χ2v) is 2.81. The van der Waals surface area contributed by atoms with E-state index in [1.54, 1.807) is 0 Å². The van der Waals surface area contributed by atoms with Crippen LogP contribution in [0, 0.1) is 0 Å². The zero-order chi connectivity index (χ0) is 7.07. The molecule has 1 heterocycles. The molecular formula is C6H13NO2. The monoisotopic (exact) mass is 131 g/mol. The van der Waals surface area contributed by atoms with E-state index in [0.29, 0.717) is 0 Å². The molecule has 0 aromatic carbocycles. The van der Waals surface area contributed by atoms with Gasteiger partial charge in [-0.25, -0.2) is 0 Å². The van der Waals surface area contributed by atoms with E-state index < -0.39 is 6.29 Å². The quantitative estimate of drug-likeness (QED) is 0.511. The summed E-state index contributed by atoms with van der Waals surface area (Å²) >= 11 is 0. The van der Waals surface area contributed by atoms with Crippen LogP contribution in [0.1, 0.15) is 20.3 Å². The van der Waals surface area contributed by atoms with E-state index in [1.807, 2.05) is 13.8 Å². The molecule has 1 rings (SSSR count). The van der Waals surface area contributed by atoms with Crippen LogP contribution in [0.5, 0.6) is 0 Å². The minimum atomic E-state index is -0.611. The lowest BCUT2D eigenvalue weighted by Crippen LogP contribution is -2.42. The first kappa shape index (κ1) is 6.99. The normalized spacial score (nSPS) is 40.0. The minimum absolute atomic E-state index is 0.137. The summed E-state index contributed by atoms with van der Waals surface area (Å²) in [6.07, 6.45) is 0.0804. The van der Waals surface area contributed by atoms with Gasteiger partial charge in [0.05, 0.1) is 0 Å².